The first kappa shape index (κ1) is 8.94. The molecule has 0 spiro atoms. The van der Waals surface area contributed by atoms with Crippen molar-refractivity contribution in [2.75, 3.05) is 0 Å². The van der Waals surface area contributed by atoms with Crippen LogP contribution in [0.3, 0.4) is 0 Å². The summed E-state index contributed by atoms with van der Waals surface area (Å²) in [6, 6.07) is 3.20. The van der Waals surface area contributed by atoms with Gasteiger partial charge in [-0.15, -0.1) is 10.2 Å². The summed E-state index contributed by atoms with van der Waals surface area (Å²) in [5, 5.41) is 8.34. The summed E-state index contributed by atoms with van der Waals surface area (Å²) >= 11 is 17.2. The van der Waals surface area contributed by atoms with E-state index in [0.29, 0.717) is 21.1 Å². The third kappa shape index (κ3) is 1.68. The standard InChI is InChI=1S/C7H2Cl3N3/c8-3-1-4(9)6-5(2-3)12-13-7(10)11-6/h1-2H. The van der Waals surface area contributed by atoms with E-state index < -0.39 is 0 Å². The van der Waals surface area contributed by atoms with Gasteiger partial charge in [0.25, 0.3) is 0 Å². The molecule has 1 aromatic heterocycles. The van der Waals surface area contributed by atoms with Crippen molar-refractivity contribution in [3.63, 3.8) is 0 Å². The van der Waals surface area contributed by atoms with Gasteiger partial charge in [-0.1, -0.05) is 23.2 Å². The largest absolute Gasteiger partial charge is 0.243 e. The molecule has 0 saturated carbocycles. The fourth-order valence-electron chi connectivity index (χ4n) is 0.949. The Morgan fingerprint density at radius 3 is 2.54 bits per heavy atom. The molecule has 0 unspecified atom stereocenters. The molecule has 0 amide bonds. The van der Waals surface area contributed by atoms with E-state index in [1.165, 1.54) is 0 Å². The van der Waals surface area contributed by atoms with Crippen molar-refractivity contribution in [3.8, 4) is 0 Å². The molecule has 0 aliphatic rings. The lowest BCUT2D eigenvalue weighted by Crippen LogP contribution is -1.89. The Bertz CT molecular complexity index is 472. The van der Waals surface area contributed by atoms with Crippen molar-refractivity contribution in [3.05, 3.63) is 27.5 Å². The number of halogens is 3. The molecule has 1 heterocycles. The van der Waals surface area contributed by atoms with Crippen LogP contribution in [0.5, 0.6) is 0 Å². The Kier molecular flexibility index (Phi) is 2.24. The molecule has 2 rings (SSSR count). The van der Waals surface area contributed by atoms with Gasteiger partial charge in [0.15, 0.2) is 0 Å². The van der Waals surface area contributed by atoms with Crippen LogP contribution in [0.2, 0.25) is 15.3 Å². The molecular weight excluding hydrogens is 232 g/mol. The van der Waals surface area contributed by atoms with Crippen LogP contribution in [-0.2, 0) is 0 Å². The van der Waals surface area contributed by atoms with Gasteiger partial charge in [0.2, 0.25) is 5.28 Å². The zero-order valence-corrected chi connectivity index (χ0v) is 8.40. The summed E-state index contributed by atoms with van der Waals surface area (Å²) in [6.07, 6.45) is 0. The van der Waals surface area contributed by atoms with Gasteiger partial charge in [0, 0.05) is 5.02 Å². The monoisotopic (exact) mass is 233 g/mol. The SMILES string of the molecule is Clc1cc(Cl)c2nc(Cl)nnc2c1. The first-order valence-corrected chi connectivity index (χ1v) is 4.45. The lowest BCUT2D eigenvalue weighted by molar-refractivity contribution is 1.02. The van der Waals surface area contributed by atoms with Gasteiger partial charge in [-0.3, -0.25) is 0 Å². The second kappa shape index (κ2) is 3.25. The Morgan fingerprint density at radius 2 is 1.77 bits per heavy atom. The number of hydrogen-bond acceptors (Lipinski definition) is 3. The third-order valence-electron chi connectivity index (χ3n) is 1.45. The summed E-state index contributed by atoms with van der Waals surface area (Å²) in [6.45, 7) is 0. The number of hydrogen-bond donors (Lipinski definition) is 0. The van der Waals surface area contributed by atoms with E-state index in [1.807, 2.05) is 0 Å². The van der Waals surface area contributed by atoms with E-state index in [-0.39, 0.29) is 5.28 Å². The zero-order chi connectivity index (χ0) is 9.42. The van der Waals surface area contributed by atoms with Crippen LogP contribution >= 0.6 is 34.8 Å². The highest BCUT2D eigenvalue weighted by atomic mass is 35.5. The first-order valence-electron chi connectivity index (χ1n) is 3.32. The predicted octanol–water partition coefficient (Wildman–Crippen LogP) is 2.99. The maximum absolute atomic E-state index is 5.86. The summed E-state index contributed by atoms with van der Waals surface area (Å²) in [4.78, 5) is 3.92. The van der Waals surface area contributed by atoms with Gasteiger partial charge < -0.3 is 0 Å². The lowest BCUT2D eigenvalue weighted by atomic mass is 10.3. The van der Waals surface area contributed by atoms with E-state index in [4.69, 9.17) is 34.8 Å². The van der Waals surface area contributed by atoms with E-state index in [9.17, 15) is 0 Å². The van der Waals surface area contributed by atoms with Crippen molar-refractivity contribution in [1.82, 2.24) is 15.2 Å². The summed E-state index contributed by atoms with van der Waals surface area (Å²) in [5.41, 5.74) is 1.04. The number of fused-ring (bicyclic) bond motifs is 1. The summed E-state index contributed by atoms with van der Waals surface area (Å²) in [7, 11) is 0. The number of aromatic nitrogens is 3. The molecular formula is C7H2Cl3N3. The highest BCUT2D eigenvalue weighted by Crippen LogP contribution is 2.25. The molecule has 0 radical (unpaired) electrons. The normalized spacial score (nSPS) is 10.7. The van der Waals surface area contributed by atoms with Crippen molar-refractivity contribution in [2.45, 2.75) is 0 Å². The Morgan fingerprint density at radius 1 is 1.00 bits per heavy atom. The molecule has 3 nitrogen and oxygen atoms in total. The molecule has 0 saturated heterocycles. The Balaban J connectivity index is 2.87. The highest BCUT2D eigenvalue weighted by molar-refractivity contribution is 6.38. The van der Waals surface area contributed by atoms with Crippen LogP contribution in [0, 0.1) is 0 Å². The highest BCUT2D eigenvalue weighted by Gasteiger charge is 2.05. The summed E-state index contributed by atoms with van der Waals surface area (Å²) < 4.78 is 0. The average Bonchev–Trinajstić information content (AvgIpc) is 2.06. The van der Waals surface area contributed by atoms with Crippen LogP contribution in [0.25, 0.3) is 11.0 Å². The van der Waals surface area contributed by atoms with Gasteiger partial charge in [0.05, 0.1) is 5.02 Å². The fourth-order valence-corrected chi connectivity index (χ4v) is 1.60. The van der Waals surface area contributed by atoms with Crippen molar-refractivity contribution < 1.29 is 0 Å². The number of benzene rings is 1. The smallest absolute Gasteiger partial charge is 0.213 e. The maximum atomic E-state index is 5.86. The minimum atomic E-state index is 0.0664. The van der Waals surface area contributed by atoms with Gasteiger partial charge in [-0.05, 0) is 23.7 Å². The van der Waals surface area contributed by atoms with Gasteiger partial charge >= 0.3 is 0 Å². The third-order valence-corrected chi connectivity index (χ3v) is 2.12. The van der Waals surface area contributed by atoms with Crippen molar-refractivity contribution in [1.29, 1.82) is 0 Å². The van der Waals surface area contributed by atoms with Crippen LogP contribution in [0.1, 0.15) is 0 Å². The molecule has 1 aromatic carbocycles. The fraction of sp³-hybridized carbons (Fsp3) is 0. The second-order valence-corrected chi connectivity index (χ2v) is 3.52. The van der Waals surface area contributed by atoms with Gasteiger partial charge in [-0.2, -0.15) is 0 Å². The van der Waals surface area contributed by atoms with E-state index in [0.717, 1.165) is 0 Å². The number of rotatable bonds is 0. The van der Waals surface area contributed by atoms with Crippen LogP contribution < -0.4 is 0 Å². The minimum Gasteiger partial charge on any atom is -0.213 e. The molecule has 0 N–H and O–H groups in total. The topological polar surface area (TPSA) is 38.7 Å². The molecule has 6 heteroatoms. The predicted molar refractivity (Wildman–Crippen MR) is 52.4 cm³/mol. The zero-order valence-electron chi connectivity index (χ0n) is 6.13. The molecule has 2 aromatic rings. The van der Waals surface area contributed by atoms with Crippen LogP contribution in [0.4, 0.5) is 0 Å². The molecule has 66 valence electrons. The van der Waals surface area contributed by atoms with Crippen LogP contribution in [-0.4, -0.2) is 15.2 Å². The quantitative estimate of drug-likeness (QED) is 0.703. The second-order valence-electron chi connectivity index (χ2n) is 2.34. The number of nitrogens with zero attached hydrogens (tertiary/aromatic N) is 3. The molecule has 0 atom stereocenters. The van der Waals surface area contributed by atoms with E-state index in [1.54, 1.807) is 12.1 Å². The minimum absolute atomic E-state index is 0.0664. The Labute approximate surface area is 88.7 Å². The van der Waals surface area contributed by atoms with Crippen LogP contribution in [0.15, 0.2) is 12.1 Å². The van der Waals surface area contributed by atoms with Crippen molar-refractivity contribution in [2.24, 2.45) is 0 Å². The Hall–Kier alpha value is -0.640. The average molecular weight is 234 g/mol. The summed E-state index contributed by atoms with van der Waals surface area (Å²) in [5.74, 6) is 0. The molecule has 0 aliphatic carbocycles. The van der Waals surface area contributed by atoms with Gasteiger partial charge in [0.1, 0.15) is 11.0 Å². The van der Waals surface area contributed by atoms with Crippen molar-refractivity contribution >= 4 is 45.8 Å². The lowest BCUT2D eigenvalue weighted by Gasteiger charge is -1.98. The molecule has 0 aliphatic heterocycles. The first-order chi connectivity index (χ1) is 6.16. The van der Waals surface area contributed by atoms with Gasteiger partial charge in [-0.25, -0.2) is 4.98 Å². The van der Waals surface area contributed by atoms with E-state index >= 15 is 0 Å². The molecule has 13 heavy (non-hydrogen) atoms. The maximum Gasteiger partial charge on any atom is 0.243 e. The van der Waals surface area contributed by atoms with E-state index in [2.05, 4.69) is 15.2 Å². The molecule has 0 fully saturated rings. The molecule has 0 bridgehead atoms.